The molecule has 2 N–H and O–H groups in total. The Kier molecular flexibility index (Phi) is 5.93. The number of nitriles is 1. The molecule has 0 saturated heterocycles. The van der Waals surface area contributed by atoms with Crippen LogP contribution >= 0.6 is 11.6 Å². The van der Waals surface area contributed by atoms with E-state index in [1.54, 1.807) is 6.07 Å². The maximum absolute atomic E-state index is 12.3. The van der Waals surface area contributed by atoms with E-state index >= 15 is 0 Å². The molecule has 1 amide bonds. The van der Waals surface area contributed by atoms with Gasteiger partial charge in [-0.2, -0.15) is 14.0 Å². The zero-order valence-corrected chi connectivity index (χ0v) is 13.0. The Labute approximate surface area is 141 Å². The lowest BCUT2D eigenvalue weighted by Crippen LogP contribution is -2.22. The molecule has 0 atom stereocenters. The van der Waals surface area contributed by atoms with Gasteiger partial charge in [-0.3, -0.25) is 4.79 Å². The van der Waals surface area contributed by atoms with Crippen LogP contribution < -0.4 is 15.4 Å². The molecule has 0 aliphatic carbocycles. The van der Waals surface area contributed by atoms with Crippen molar-refractivity contribution in [1.29, 1.82) is 5.26 Å². The maximum Gasteiger partial charge on any atom is 0.387 e. The number of amides is 1. The number of hydrogen-bond donors (Lipinski definition) is 2. The summed E-state index contributed by atoms with van der Waals surface area (Å²) in [6, 6.07) is 12.4. The molecule has 0 radical (unpaired) electrons. The van der Waals surface area contributed by atoms with Gasteiger partial charge in [-0.1, -0.05) is 23.7 Å². The standard InChI is InChI=1S/C16H12ClF2N3O2/c17-11-6-5-10(8-20)13(7-11)22-15(23)9-21-12-3-1-2-4-14(12)24-16(18)19/h1-7,16,21H,9H2,(H,22,23). The Bertz CT molecular complexity index is 778. The molecule has 8 heteroatoms. The van der Waals surface area contributed by atoms with Crippen LogP contribution in [0.1, 0.15) is 5.56 Å². The third-order valence-electron chi connectivity index (χ3n) is 2.92. The largest absolute Gasteiger partial charge is 0.433 e. The Morgan fingerprint density at radius 3 is 2.71 bits per heavy atom. The molecule has 2 rings (SSSR count). The van der Waals surface area contributed by atoms with Gasteiger partial charge < -0.3 is 15.4 Å². The summed E-state index contributed by atoms with van der Waals surface area (Å²) in [6.07, 6.45) is 0. The molecule has 0 saturated carbocycles. The van der Waals surface area contributed by atoms with Crippen LogP contribution in [0.3, 0.4) is 0 Å². The molecule has 0 aromatic heterocycles. The molecule has 0 fully saturated rings. The van der Waals surface area contributed by atoms with Crippen molar-refractivity contribution >= 4 is 28.9 Å². The summed E-state index contributed by atoms with van der Waals surface area (Å²) in [7, 11) is 0. The van der Waals surface area contributed by atoms with Crippen LogP contribution in [0.15, 0.2) is 42.5 Å². The summed E-state index contributed by atoms with van der Waals surface area (Å²) in [5.41, 5.74) is 0.780. The fourth-order valence-corrected chi connectivity index (χ4v) is 2.07. The van der Waals surface area contributed by atoms with Gasteiger partial charge in [0.1, 0.15) is 11.8 Å². The predicted octanol–water partition coefficient (Wildman–Crippen LogP) is 3.86. The topological polar surface area (TPSA) is 74.2 Å². The summed E-state index contributed by atoms with van der Waals surface area (Å²) < 4.78 is 29.0. The van der Waals surface area contributed by atoms with Crippen molar-refractivity contribution in [3.8, 4) is 11.8 Å². The predicted molar refractivity (Wildman–Crippen MR) is 86.4 cm³/mol. The lowest BCUT2D eigenvalue weighted by molar-refractivity contribution is -0.114. The third-order valence-corrected chi connectivity index (χ3v) is 3.15. The smallest absolute Gasteiger partial charge is 0.387 e. The van der Waals surface area contributed by atoms with Gasteiger partial charge in [0, 0.05) is 5.02 Å². The zero-order valence-electron chi connectivity index (χ0n) is 12.2. The van der Waals surface area contributed by atoms with E-state index in [9.17, 15) is 13.6 Å². The first-order valence-electron chi connectivity index (χ1n) is 6.77. The first-order chi connectivity index (χ1) is 11.5. The summed E-state index contributed by atoms with van der Waals surface area (Å²) >= 11 is 5.84. The summed E-state index contributed by atoms with van der Waals surface area (Å²) in [4.78, 5) is 12.0. The second-order valence-electron chi connectivity index (χ2n) is 4.58. The minimum Gasteiger partial charge on any atom is -0.433 e. The van der Waals surface area contributed by atoms with Gasteiger partial charge >= 0.3 is 6.61 Å². The number of anilines is 2. The normalized spacial score (nSPS) is 10.1. The summed E-state index contributed by atoms with van der Waals surface area (Å²) in [6.45, 7) is -3.17. The zero-order chi connectivity index (χ0) is 17.5. The van der Waals surface area contributed by atoms with E-state index in [-0.39, 0.29) is 29.2 Å². The molecule has 0 bridgehead atoms. The van der Waals surface area contributed by atoms with Gasteiger partial charge in [0.2, 0.25) is 5.91 Å². The number of carbonyl (C=O) groups is 1. The highest BCUT2D eigenvalue weighted by Crippen LogP contribution is 2.25. The van der Waals surface area contributed by atoms with E-state index in [1.165, 1.54) is 36.4 Å². The number of ether oxygens (including phenoxy) is 1. The first-order valence-corrected chi connectivity index (χ1v) is 7.14. The van der Waals surface area contributed by atoms with Crippen LogP contribution in [-0.4, -0.2) is 19.1 Å². The molecule has 5 nitrogen and oxygen atoms in total. The quantitative estimate of drug-likeness (QED) is 0.828. The van der Waals surface area contributed by atoms with Gasteiger partial charge in [-0.25, -0.2) is 0 Å². The number of nitrogens with zero attached hydrogens (tertiary/aromatic N) is 1. The Morgan fingerprint density at radius 2 is 2.00 bits per heavy atom. The van der Waals surface area contributed by atoms with Crippen LogP contribution in [0.2, 0.25) is 5.02 Å². The van der Waals surface area contributed by atoms with Crippen molar-refractivity contribution in [2.75, 3.05) is 17.2 Å². The molecular formula is C16H12ClF2N3O2. The van der Waals surface area contributed by atoms with Crippen molar-refractivity contribution in [3.63, 3.8) is 0 Å². The van der Waals surface area contributed by atoms with E-state index in [1.807, 2.05) is 6.07 Å². The van der Waals surface area contributed by atoms with Crippen LogP contribution in [0.25, 0.3) is 0 Å². The third kappa shape index (κ3) is 4.83. The second kappa shape index (κ2) is 8.13. The fourth-order valence-electron chi connectivity index (χ4n) is 1.90. The minimum absolute atomic E-state index is 0.0687. The highest BCUT2D eigenvalue weighted by molar-refractivity contribution is 6.31. The molecular weight excluding hydrogens is 340 g/mol. The Morgan fingerprint density at radius 1 is 1.25 bits per heavy atom. The number of carbonyl (C=O) groups excluding carboxylic acids is 1. The monoisotopic (exact) mass is 351 g/mol. The van der Waals surface area contributed by atoms with E-state index in [0.717, 1.165) is 0 Å². The number of halogens is 3. The van der Waals surface area contributed by atoms with Gasteiger partial charge in [-0.05, 0) is 30.3 Å². The average Bonchev–Trinajstić information content (AvgIpc) is 2.54. The van der Waals surface area contributed by atoms with Crippen LogP contribution in [0.5, 0.6) is 5.75 Å². The SMILES string of the molecule is N#Cc1ccc(Cl)cc1NC(=O)CNc1ccccc1OC(F)F. The number of alkyl halides is 2. The maximum atomic E-state index is 12.3. The highest BCUT2D eigenvalue weighted by Gasteiger charge is 2.11. The fraction of sp³-hybridized carbons (Fsp3) is 0.125. The number of para-hydroxylation sites is 2. The number of hydrogen-bond acceptors (Lipinski definition) is 4. The lowest BCUT2D eigenvalue weighted by atomic mass is 10.2. The molecule has 0 unspecified atom stereocenters. The van der Waals surface area contributed by atoms with E-state index < -0.39 is 12.5 Å². The van der Waals surface area contributed by atoms with E-state index in [0.29, 0.717) is 5.02 Å². The van der Waals surface area contributed by atoms with Gasteiger partial charge in [0.15, 0.2) is 0 Å². The molecule has 0 aliphatic heterocycles. The van der Waals surface area contributed by atoms with E-state index in [2.05, 4.69) is 15.4 Å². The van der Waals surface area contributed by atoms with Crippen LogP contribution in [-0.2, 0) is 4.79 Å². The molecule has 2 aromatic carbocycles. The van der Waals surface area contributed by atoms with Crippen molar-refractivity contribution in [3.05, 3.63) is 53.1 Å². The minimum atomic E-state index is -2.97. The molecule has 0 spiro atoms. The van der Waals surface area contributed by atoms with Crippen molar-refractivity contribution in [2.45, 2.75) is 6.61 Å². The summed E-state index contributed by atoms with van der Waals surface area (Å²) in [5.74, 6) is -0.540. The van der Waals surface area contributed by atoms with Crippen LogP contribution in [0, 0.1) is 11.3 Å². The van der Waals surface area contributed by atoms with Gasteiger partial charge in [0.05, 0.1) is 23.5 Å². The average molecular weight is 352 g/mol. The van der Waals surface area contributed by atoms with Crippen molar-refractivity contribution in [1.82, 2.24) is 0 Å². The van der Waals surface area contributed by atoms with E-state index in [4.69, 9.17) is 16.9 Å². The second-order valence-corrected chi connectivity index (χ2v) is 5.01. The number of rotatable bonds is 6. The van der Waals surface area contributed by atoms with Crippen molar-refractivity contribution < 1.29 is 18.3 Å². The molecule has 24 heavy (non-hydrogen) atoms. The summed E-state index contributed by atoms with van der Waals surface area (Å²) in [5, 5.41) is 14.6. The molecule has 0 heterocycles. The molecule has 0 aliphatic rings. The van der Waals surface area contributed by atoms with Gasteiger partial charge in [0.25, 0.3) is 0 Å². The Hall–Kier alpha value is -2.85. The first kappa shape index (κ1) is 17.5. The van der Waals surface area contributed by atoms with Gasteiger partial charge in [-0.15, -0.1) is 0 Å². The molecule has 2 aromatic rings. The number of benzene rings is 2. The van der Waals surface area contributed by atoms with Crippen LogP contribution in [0.4, 0.5) is 20.2 Å². The highest BCUT2D eigenvalue weighted by atomic mass is 35.5. The molecule has 124 valence electrons. The lowest BCUT2D eigenvalue weighted by Gasteiger charge is -2.13. The number of nitrogens with one attached hydrogen (secondary N) is 2. The van der Waals surface area contributed by atoms with Crippen molar-refractivity contribution in [2.24, 2.45) is 0 Å². The Balaban J connectivity index is 2.02.